The van der Waals surface area contributed by atoms with Crippen molar-refractivity contribution >= 4 is 63.8 Å². The van der Waals surface area contributed by atoms with Crippen molar-refractivity contribution in [2.75, 3.05) is 12.3 Å². The molecular formula is C9H13Br2N2O6S2+. The third-order valence-corrected chi connectivity index (χ3v) is 7.20. The zero-order valence-electron chi connectivity index (χ0n) is 10.7. The lowest BCUT2D eigenvalue weighted by atomic mass is 10.3. The summed E-state index contributed by atoms with van der Waals surface area (Å²) in [4.78, 5) is 0. The van der Waals surface area contributed by atoms with Gasteiger partial charge in [-0.2, -0.15) is 0 Å². The van der Waals surface area contributed by atoms with Gasteiger partial charge in [-0.1, -0.05) is 6.92 Å². The van der Waals surface area contributed by atoms with E-state index >= 15 is 0 Å². The van der Waals surface area contributed by atoms with E-state index in [9.17, 15) is 25.9 Å². The molecule has 0 spiro atoms. The minimum Gasteiger partial charge on any atom is -0.399 e. The van der Waals surface area contributed by atoms with E-state index in [1.807, 2.05) is 0 Å². The normalized spacial score (nSPS) is 13.4. The number of anilines is 1. The summed E-state index contributed by atoms with van der Waals surface area (Å²) < 4.78 is 64.1. The summed E-state index contributed by atoms with van der Waals surface area (Å²) in [6.45, 7) is 0.904. The van der Waals surface area contributed by atoms with Crippen LogP contribution >= 0.6 is 31.9 Å². The average molecular weight is 469 g/mol. The Bertz CT molecular complexity index is 707. The van der Waals surface area contributed by atoms with Crippen molar-refractivity contribution < 1.29 is 25.9 Å². The Morgan fingerprint density at radius 3 is 1.76 bits per heavy atom. The lowest BCUT2D eigenvalue weighted by Crippen LogP contribution is -2.58. The molecule has 0 saturated heterocycles. The number of nitrogens with two attached hydrogens (primary N) is 1. The first-order valence-corrected chi connectivity index (χ1v) is 9.85. The summed E-state index contributed by atoms with van der Waals surface area (Å²) in [5.41, 5.74) is 5.40. The number of rotatable bonds is 5. The Kier molecular flexibility index (Phi) is 5.46. The van der Waals surface area contributed by atoms with Gasteiger partial charge in [-0.25, -0.2) is 9.11 Å². The van der Waals surface area contributed by atoms with Gasteiger partial charge in [0.25, 0.3) is 0 Å². The molecule has 21 heavy (non-hydrogen) atoms. The molecule has 0 bridgehead atoms. The highest BCUT2D eigenvalue weighted by Crippen LogP contribution is 2.44. The highest BCUT2D eigenvalue weighted by Gasteiger charge is 2.56. The standard InChI is InChI=1S/C9H12Br2N2O6S2/c1-2-3-13(20(14,15)16,21(17,18)19)9-7(10)4-6(12)5-8(9)11/h4-5H,2-3,12H2,1H3,(H-,14,15,16,17,18,19)/p+1. The molecule has 1 aromatic rings. The molecule has 0 aliphatic rings. The van der Waals surface area contributed by atoms with Gasteiger partial charge in [-0.05, 0) is 53.7 Å². The van der Waals surface area contributed by atoms with E-state index in [1.165, 1.54) is 19.1 Å². The molecule has 0 aromatic heterocycles. The van der Waals surface area contributed by atoms with E-state index in [2.05, 4.69) is 31.9 Å². The van der Waals surface area contributed by atoms with Crippen LogP contribution in [0.5, 0.6) is 0 Å². The third kappa shape index (κ3) is 3.25. The van der Waals surface area contributed by atoms with E-state index < -0.39 is 36.1 Å². The predicted molar refractivity (Wildman–Crippen MR) is 86.3 cm³/mol. The van der Waals surface area contributed by atoms with Gasteiger partial charge in [-0.15, -0.1) is 16.8 Å². The van der Waals surface area contributed by atoms with E-state index in [4.69, 9.17) is 5.73 Å². The lowest BCUT2D eigenvalue weighted by molar-refractivity contribution is 0.379. The van der Waals surface area contributed by atoms with Crippen molar-refractivity contribution in [3.8, 4) is 0 Å². The Morgan fingerprint density at radius 2 is 1.48 bits per heavy atom. The van der Waals surface area contributed by atoms with Gasteiger partial charge in [0.1, 0.15) is 6.54 Å². The number of halogens is 2. The summed E-state index contributed by atoms with van der Waals surface area (Å²) in [5.74, 6) is 0. The molecular weight excluding hydrogens is 456 g/mol. The fraction of sp³-hybridized carbons (Fsp3) is 0.333. The average Bonchev–Trinajstić information content (AvgIpc) is 2.22. The zero-order chi connectivity index (χ0) is 16.6. The van der Waals surface area contributed by atoms with Gasteiger partial charge in [-0.3, -0.25) is 0 Å². The van der Waals surface area contributed by atoms with Crippen LogP contribution < -0.4 is 9.03 Å². The maximum Gasteiger partial charge on any atom is 0.454 e. The van der Waals surface area contributed by atoms with Crippen molar-refractivity contribution in [1.29, 1.82) is 0 Å². The van der Waals surface area contributed by atoms with Crippen LogP contribution in [0.3, 0.4) is 0 Å². The molecule has 0 aliphatic carbocycles. The first-order valence-electron chi connectivity index (χ1n) is 5.47. The number of nitrogen functional groups attached to an aromatic ring is 1. The van der Waals surface area contributed by atoms with Crippen molar-refractivity contribution in [1.82, 2.24) is 3.29 Å². The van der Waals surface area contributed by atoms with Gasteiger partial charge >= 0.3 is 20.6 Å². The van der Waals surface area contributed by atoms with Crippen molar-refractivity contribution in [2.24, 2.45) is 0 Å². The molecule has 0 fully saturated rings. The molecule has 0 unspecified atom stereocenters. The first kappa shape index (κ1) is 18.8. The molecule has 1 rings (SSSR count). The zero-order valence-corrected chi connectivity index (χ0v) is 15.5. The van der Waals surface area contributed by atoms with Crippen LogP contribution in [0.4, 0.5) is 11.4 Å². The van der Waals surface area contributed by atoms with E-state index in [0.717, 1.165) is 0 Å². The van der Waals surface area contributed by atoms with Crippen molar-refractivity contribution in [3.05, 3.63) is 21.1 Å². The van der Waals surface area contributed by atoms with Crippen LogP contribution in [0.2, 0.25) is 0 Å². The molecule has 8 nitrogen and oxygen atoms in total. The number of hydrogen-bond donors (Lipinski definition) is 3. The lowest BCUT2D eigenvalue weighted by Gasteiger charge is -2.30. The molecule has 0 radical (unpaired) electrons. The summed E-state index contributed by atoms with van der Waals surface area (Å²) in [5, 5.41) is 0. The van der Waals surface area contributed by atoms with Crippen molar-refractivity contribution in [3.63, 3.8) is 0 Å². The molecule has 0 heterocycles. The van der Waals surface area contributed by atoms with Gasteiger partial charge in [0.05, 0.1) is 8.95 Å². The fourth-order valence-corrected chi connectivity index (χ4v) is 6.83. The number of quaternary nitrogens is 1. The number of benzene rings is 1. The van der Waals surface area contributed by atoms with E-state index in [0.29, 0.717) is 0 Å². The maximum atomic E-state index is 11.8. The second-order valence-corrected chi connectivity index (χ2v) is 9.10. The van der Waals surface area contributed by atoms with E-state index in [-0.39, 0.29) is 21.1 Å². The first-order chi connectivity index (χ1) is 9.38. The van der Waals surface area contributed by atoms with Crippen LogP contribution in [-0.4, -0.2) is 32.5 Å². The number of hydrogen-bond acceptors (Lipinski definition) is 5. The summed E-state index contributed by atoms with van der Waals surface area (Å²) >= 11 is 6.02. The summed E-state index contributed by atoms with van der Waals surface area (Å²) in [6.07, 6.45) is 0.0445. The maximum absolute atomic E-state index is 11.8. The smallest absolute Gasteiger partial charge is 0.399 e. The van der Waals surface area contributed by atoms with Gasteiger partial charge in [0.2, 0.25) is 0 Å². The molecule has 0 atom stereocenters. The van der Waals surface area contributed by atoms with Gasteiger partial charge < -0.3 is 5.73 Å². The molecule has 0 amide bonds. The second-order valence-electron chi connectivity index (χ2n) is 4.13. The predicted octanol–water partition coefficient (Wildman–Crippen LogP) is 2.12. The van der Waals surface area contributed by atoms with Crippen LogP contribution in [-0.2, 0) is 20.6 Å². The Labute approximate surface area is 139 Å². The van der Waals surface area contributed by atoms with Crippen LogP contribution in [0.25, 0.3) is 0 Å². The molecule has 120 valence electrons. The topological polar surface area (TPSA) is 135 Å². The Balaban J connectivity index is 4.02. The second kappa shape index (κ2) is 6.10. The quantitative estimate of drug-likeness (QED) is 0.342. The molecule has 12 heteroatoms. The third-order valence-electron chi connectivity index (χ3n) is 2.64. The van der Waals surface area contributed by atoms with Crippen LogP contribution in [0.15, 0.2) is 21.1 Å². The largest absolute Gasteiger partial charge is 0.454 e. The molecule has 0 aliphatic heterocycles. The summed E-state index contributed by atoms with van der Waals surface area (Å²) in [6, 6.07) is 2.53. The van der Waals surface area contributed by atoms with E-state index in [1.54, 1.807) is 0 Å². The van der Waals surface area contributed by atoms with Gasteiger partial charge in [0, 0.05) is 5.69 Å². The minimum atomic E-state index is -5.26. The monoisotopic (exact) mass is 467 g/mol. The molecule has 1 aromatic carbocycles. The number of nitrogens with zero attached hydrogens (tertiary/aromatic N) is 1. The fourth-order valence-electron chi connectivity index (χ4n) is 1.90. The molecule has 0 saturated carbocycles. The Morgan fingerprint density at radius 1 is 1.10 bits per heavy atom. The van der Waals surface area contributed by atoms with Crippen LogP contribution in [0, 0.1) is 0 Å². The highest BCUT2D eigenvalue weighted by molar-refractivity contribution is 9.11. The Hall–Kier alpha value is -0.240. The van der Waals surface area contributed by atoms with Crippen molar-refractivity contribution in [2.45, 2.75) is 13.3 Å². The summed E-state index contributed by atoms with van der Waals surface area (Å²) in [7, 11) is -10.5. The minimum absolute atomic E-state index is 0.00178. The highest BCUT2D eigenvalue weighted by atomic mass is 79.9. The van der Waals surface area contributed by atoms with Crippen LogP contribution in [0.1, 0.15) is 13.3 Å². The molecule has 4 N–H and O–H groups in total. The van der Waals surface area contributed by atoms with Gasteiger partial charge in [0.15, 0.2) is 5.69 Å². The SMILES string of the molecule is CCC[N+](c1c(Br)cc(N)cc1Br)(S(=O)(=O)O)S(=O)(=O)O.